The Kier molecular flexibility index (Phi) is 5.37. The third-order valence-corrected chi connectivity index (χ3v) is 6.69. The number of ether oxygens (including phenoxy) is 1. The Morgan fingerprint density at radius 2 is 1.92 bits per heavy atom. The van der Waals surface area contributed by atoms with E-state index >= 15 is 0 Å². The van der Waals surface area contributed by atoms with Crippen LogP contribution in [0.25, 0.3) is 0 Å². The smallest absolute Gasteiger partial charge is 0.329 e. The van der Waals surface area contributed by atoms with Crippen molar-refractivity contribution >= 4 is 27.6 Å². The van der Waals surface area contributed by atoms with E-state index < -0.39 is 22.0 Å². The van der Waals surface area contributed by atoms with Gasteiger partial charge in [0, 0.05) is 11.6 Å². The lowest BCUT2D eigenvalue weighted by Crippen LogP contribution is -2.44. The molecule has 0 N–H and O–H groups in total. The van der Waals surface area contributed by atoms with Crippen LogP contribution in [-0.4, -0.2) is 31.8 Å². The van der Waals surface area contributed by atoms with Crippen LogP contribution in [0.1, 0.15) is 29.7 Å². The van der Waals surface area contributed by atoms with Crippen molar-refractivity contribution < 1.29 is 17.9 Å². The Morgan fingerprint density at radius 3 is 2.58 bits per heavy atom. The number of halogens is 1. The Bertz CT molecular complexity index is 925. The normalized spacial score (nSPS) is 17.6. The van der Waals surface area contributed by atoms with E-state index in [1.165, 1.54) is 4.31 Å². The predicted molar refractivity (Wildman–Crippen MR) is 99.6 cm³/mol. The summed E-state index contributed by atoms with van der Waals surface area (Å²) in [6.45, 7) is 3.91. The van der Waals surface area contributed by atoms with Gasteiger partial charge in [0.2, 0.25) is 10.0 Å². The second kappa shape index (κ2) is 7.39. The summed E-state index contributed by atoms with van der Waals surface area (Å²) in [6.07, 6.45) is 0.440. The van der Waals surface area contributed by atoms with Gasteiger partial charge in [-0.2, -0.15) is 4.31 Å². The maximum atomic E-state index is 13.2. The summed E-state index contributed by atoms with van der Waals surface area (Å²) >= 11 is 6.27. The number of carbonyl (C=O) groups is 1. The van der Waals surface area contributed by atoms with E-state index in [0.29, 0.717) is 17.0 Å². The standard InChI is InChI=1S/C19H20ClNO4S/c1-3-25-19(22)18-16-5-4-6-17(20)15(16)11-12-21(18)26(23,24)14-9-7-13(2)8-10-14/h4-10,18H,3,11-12H2,1-2H3. The maximum Gasteiger partial charge on any atom is 0.329 e. The average Bonchev–Trinajstić information content (AvgIpc) is 2.61. The molecule has 1 unspecified atom stereocenters. The van der Waals surface area contributed by atoms with Crippen LogP contribution in [0.5, 0.6) is 0 Å². The van der Waals surface area contributed by atoms with Gasteiger partial charge in [-0.1, -0.05) is 41.4 Å². The van der Waals surface area contributed by atoms with Crippen molar-refractivity contribution in [2.24, 2.45) is 0 Å². The highest BCUT2D eigenvalue weighted by molar-refractivity contribution is 7.89. The molecule has 0 spiro atoms. The summed E-state index contributed by atoms with van der Waals surface area (Å²) in [5, 5.41) is 0.532. The highest BCUT2D eigenvalue weighted by Crippen LogP contribution is 2.37. The van der Waals surface area contributed by atoms with Crippen molar-refractivity contribution in [1.82, 2.24) is 4.31 Å². The van der Waals surface area contributed by atoms with Crippen LogP contribution < -0.4 is 0 Å². The van der Waals surface area contributed by atoms with Crippen LogP contribution in [0.15, 0.2) is 47.4 Å². The Morgan fingerprint density at radius 1 is 1.23 bits per heavy atom. The van der Waals surface area contributed by atoms with Gasteiger partial charge < -0.3 is 4.74 Å². The summed E-state index contributed by atoms with van der Waals surface area (Å²) in [5.74, 6) is -0.591. The molecule has 0 aliphatic carbocycles. The van der Waals surface area contributed by atoms with E-state index in [2.05, 4.69) is 0 Å². The van der Waals surface area contributed by atoms with Crippen molar-refractivity contribution in [3.8, 4) is 0 Å². The number of benzene rings is 2. The summed E-state index contributed by atoms with van der Waals surface area (Å²) in [6, 6.07) is 10.7. The van der Waals surface area contributed by atoms with Crippen molar-refractivity contribution in [3.63, 3.8) is 0 Å². The first-order valence-electron chi connectivity index (χ1n) is 8.38. The van der Waals surface area contributed by atoms with Gasteiger partial charge in [0.15, 0.2) is 0 Å². The molecule has 0 bridgehead atoms. The molecular formula is C19H20ClNO4S. The number of hydrogen-bond donors (Lipinski definition) is 0. The molecule has 2 aromatic rings. The van der Waals surface area contributed by atoms with E-state index in [1.807, 2.05) is 6.92 Å². The lowest BCUT2D eigenvalue weighted by atomic mass is 9.94. The zero-order valence-corrected chi connectivity index (χ0v) is 16.2. The molecule has 2 aromatic carbocycles. The van der Waals surface area contributed by atoms with Gasteiger partial charge in [-0.05, 0) is 49.6 Å². The van der Waals surface area contributed by atoms with Crippen molar-refractivity contribution in [2.45, 2.75) is 31.2 Å². The Labute approximate surface area is 158 Å². The van der Waals surface area contributed by atoms with Crippen molar-refractivity contribution in [3.05, 3.63) is 64.2 Å². The van der Waals surface area contributed by atoms with Crippen LogP contribution in [-0.2, 0) is 26.0 Å². The second-order valence-electron chi connectivity index (χ2n) is 6.14. The molecule has 138 valence electrons. The van der Waals surface area contributed by atoms with Gasteiger partial charge in [0.05, 0.1) is 11.5 Å². The highest BCUT2D eigenvalue weighted by Gasteiger charge is 2.42. The third-order valence-electron chi connectivity index (χ3n) is 4.46. The average molecular weight is 394 g/mol. The maximum absolute atomic E-state index is 13.2. The number of rotatable bonds is 4. The fourth-order valence-corrected chi connectivity index (χ4v) is 5.01. The number of nitrogens with zero attached hydrogens (tertiary/aromatic N) is 1. The van der Waals surface area contributed by atoms with Crippen LogP contribution >= 0.6 is 11.6 Å². The summed E-state index contributed by atoms with van der Waals surface area (Å²) in [5.41, 5.74) is 2.34. The van der Waals surface area contributed by atoms with E-state index in [4.69, 9.17) is 16.3 Å². The fraction of sp³-hybridized carbons (Fsp3) is 0.316. The molecule has 0 aromatic heterocycles. The molecule has 3 rings (SSSR count). The molecule has 26 heavy (non-hydrogen) atoms. The van der Waals surface area contributed by atoms with Crippen molar-refractivity contribution in [2.75, 3.05) is 13.2 Å². The van der Waals surface area contributed by atoms with Gasteiger partial charge in [-0.25, -0.2) is 13.2 Å². The van der Waals surface area contributed by atoms with Crippen molar-refractivity contribution in [1.29, 1.82) is 0 Å². The molecule has 0 fully saturated rings. The lowest BCUT2D eigenvalue weighted by molar-refractivity contribution is -0.148. The largest absolute Gasteiger partial charge is 0.465 e. The first-order chi connectivity index (χ1) is 12.4. The SMILES string of the molecule is CCOC(=O)C1c2cccc(Cl)c2CCN1S(=O)(=O)c1ccc(C)cc1. The highest BCUT2D eigenvalue weighted by atomic mass is 35.5. The van der Waals surface area contributed by atoms with Crippen LogP contribution in [0.2, 0.25) is 5.02 Å². The van der Waals surface area contributed by atoms with E-state index in [0.717, 1.165) is 11.1 Å². The molecule has 0 saturated heterocycles. The van der Waals surface area contributed by atoms with Gasteiger partial charge in [-0.3, -0.25) is 0 Å². The lowest BCUT2D eigenvalue weighted by Gasteiger charge is -2.35. The fourth-order valence-electron chi connectivity index (χ4n) is 3.17. The molecule has 0 radical (unpaired) electrons. The number of carbonyl (C=O) groups excluding carboxylic acids is 1. The Hall–Kier alpha value is -1.89. The summed E-state index contributed by atoms with van der Waals surface area (Å²) in [7, 11) is -3.86. The van der Waals surface area contributed by atoms with Gasteiger partial charge in [-0.15, -0.1) is 0 Å². The van der Waals surface area contributed by atoms with E-state index in [1.54, 1.807) is 49.4 Å². The van der Waals surface area contributed by atoms with E-state index in [-0.39, 0.29) is 18.0 Å². The minimum Gasteiger partial charge on any atom is -0.465 e. The number of hydrogen-bond acceptors (Lipinski definition) is 4. The Balaban J connectivity index is 2.10. The zero-order valence-electron chi connectivity index (χ0n) is 14.6. The zero-order chi connectivity index (χ0) is 18.9. The molecule has 5 nitrogen and oxygen atoms in total. The molecular weight excluding hydrogens is 374 g/mol. The molecule has 0 amide bonds. The number of fused-ring (bicyclic) bond motifs is 1. The summed E-state index contributed by atoms with van der Waals surface area (Å²) < 4.78 is 32.8. The molecule has 7 heteroatoms. The molecule has 1 atom stereocenters. The predicted octanol–water partition coefficient (Wildman–Crippen LogP) is 3.50. The quantitative estimate of drug-likeness (QED) is 0.746. The molecule has 1 heterocycles. The topological polar surface area (TPSA) is 63.7 Å². The second-order valence-corrected chi connectivity index (χ2v) is 8.44. The summed E-state index contributed by atoms with van der Waals surface area (Å²) in [4.78, 5) is 12.8. The number of esters is 1. The van der Waals surface area contributed by atoms with Crippen LogP contribution in [0.4, 0.5) is 0 Å². The van der Waals surface area contributed by atoms with Gasteiger partial charge in [0.25, 0.3) is 0 Å². The first kappa shape index (κ1) is 18.9. The minimum atomic E-state index is -3.86. The van der Waals surface area contributed by atoms with Gasteiger partial charge in [0.1, 0.15) is 6.04 Å². The van der Waals surface area contributed by atoms with Gasteiger partial charge >= 0.3 is 5.97 Å². The third kappa shape index (κ3) is 3.37. The van der Waals surface area contributed by atoms with Crippen LogP contribution in [0, 0.1) is 6.92 Å². The first-order valence-corrected chi connectivity index (χ1v) is 10.2. The van der Waals surface area contributed by atoms with Crippen LogP contribution in [0.3, 0.4) is 0 Å². The molecule has 0 saturated carbocycles. The number of aryl methyl sites for hydroxylation is 1. The van der Waals surface area contributed by atoms with E-state index in [9.17, 15) is 13.2 Å². The number of sulfonamides is 1. The minimum absolute atomic E-state index is 0.155. The molecule has 1 aliphatic heterocycles. The molecule has 1 aliphatic rings. The monoisotopic (exact) mass is 393 g/mol.